The Kier molecular flexibility index (Phi) is 14.1. The third-order valence-electron chi connectivity index (χ3n) is 10.7. The van der Waals surface area contributed by atoms with Gasteiger partial charge in [-0.1, -0.05) is 25.9 Å². The van der Waals surface area contributed by atoms with Crippen LogP contribution in [-0.2, 0) is 33.3 Å². The number of hydrogen-bond acceptors (Lipinski definition) is 11. The van der Waals surface area contributed by atoms with Crippen molar-refractivity contribution < 1.29 is 43.2 Å². The van der Waals surface area contributed by atoms with E-state index in [4.69, 9.17) is 29.2 Å². The number of carbonyl (C=O) groups is 3. The standard InChI is InChI=1S/C34H59N5O9/c1-11-26-34(7)29(39(32(43)48-34)15-13-12-14-36-37-35)21(3)16-20(2)19-33(6,44-10)27(18-25(40)23(5)30(42)46-26)47-31-28(41)24(38(8)9)17-22(4)45-31/h20-24,26-29,31,41H,11-19H2,1-10H3/t20-,21-,22?,23+,24?,26+,27+,28?,29+,31-,33+,34+/m0/s1. The monoisotopic (exact) mass is 681 g/mol. The summed E-state index contributed by atoms with van der Waals surface area (Å²) in [7, 11) is 5.36. The van der Waals surface area contributed by atoms with Gasteiger partial charge < -0.3 is 38.6 Å². The number of azide groups is 1. The van der Waals surface area contributed by atoms with Crippen LogP contribution >= 0.6 is 0 Å². The van der Waals surface area contributed by atoms with Gasteiger partial charge in [-0.2, -0.15) is 0 Å². The van der Waals surface area contributed by atoms with Gasteiger partial charge in [0.2, 0.25) is 0 Å². The maximum Gasteiger partial charge on any atom is 0.410 e. The predicted octanol–water partition coefficient (Wildman–Crippen LogP) is 4.86. The minimum absolute atomic E-state index is 0.0338. The highest BCUT2D eigenvalue weighted by Gasteiger charge is 2.58. The molecule has 3 aliphatic heterocycles. The van der Waals surface area contributed by atoms with E-state index in [1.807, 2.05) is 46.7 Å². The van der Waals surface area contributed by atoms with Crippen molar-refractivity contribution in [1.29, 1.82) is 0 Å². The van der Waals surface area contributed by atoms with Gasteiger partial charge in [0, 0.05) is 37.6 Å². The van der Waals surface area contributed by atoms with E-state index in [0.29, 0.717) is 51.6 Å². The van der Waals surface area contributed by atoms with E-state index in [0.717, 1.165) is 0 Å². The van der Waals surface area contributed by atoms with E-state index in [1.54, 1.807) is 12.0 Å². The number of amides is 1. The number of likely N-dealkylation sites (N-methyl/N-ethyl adjacent to an activating group) is 1. The number of ketones is 1. The number of rotatable bonds is 10. The summed E-state index contributed by atoms with van der Waals surface area (Å²) in [5, 5.41) is 14.9. The Morgan fingerprint density at radius 3 is 2.42 bits per heavy atom. The first-order valence-corrected chi connectivity index (χ1v) is 17.5. The summed E-state index contributed by atoms with van der Waals surface area (Å²) in [6.45, 7) is 13.9. The summed E-state index contributed by atoms with van der Waals surface area (Å²) < 4.78 is 30.9. The molecule has 274 valence electrons. The third-order valence-corrected chi connectivity index (χ3v) is 10.7. The number of Topliss-reactive ketones (excluding diaryl/α,β-unsaturated/α-hetero) is 1. The number of cyclic esters (lactones) is 1. The average molecular weight is 682 g/mol. The highest BCUT2D eigenvalue weighted by molar-refractivity contribution is 5.99. The topological polar surface area (TPSA) is 173 Å². The van der Waals surface area contributed by atoms with Crippen molar-refractivity contribution in [2.24, 2.45) is 22.9 Å². The van der Waals surface area contributed by atoms with E-state index in [2.05, 4.69) is 23.9 Å². The Labute approximate surface area is 285 Å². The van der Waals surface area contributed by atoms with Gasteiger partial charge in [-0.15, -0.1) is 0 Å². The molecule has 3 heterocycles. The summed E-state index contributed by atoms with van der Waals surface area (Å²) in [6.07, 6.45) is -1.12. The van der Waals surface area contributed by atoms with Gasteiger partial charge in [0.1, 0.15) is 23.9 Å². The van der Waals surface area contributed by atoms with Crippen molar-refractivity contribution in [2.75, 3.05) is 34.3 Å². The van der Waals surface area contributed by atoms with Gasteiger partial charge in [-0.3, -0.25) is 9.59 Å². The first-order valence-electron chi connectivity index (χ1n) is 17.5. The van der Waals surface area contributed by atoms with Crippen LogP contribution in [-0.4, -0.2) is 121 Å². The molecule has 0 aromatic carbocycles. The molecule has 3 saturated heterocycles. The second-order valence-corrected chi connectivity index (χ2v) is 14.8. The SMILES string of the molecule is CC[C@H]1OC(=O)[C@H](C)C(=O)C[C@@H](O[C@@H]2OC(C)CC(N(C)C)C2O)[C@](C)(OC)C[C@@H](C)C[C@H](C)[C@H]2N(CCCCN=[N+]=[N-])C(=O)O[C@]12C. The van der Waals surface area contributed by atoms with Crippen LogP contribution in [0.4, 0.5) is 4.79 Å². The molecule has 0 bridgehead atoms. The smallest absolute Gasteiger partial charge is 0.410 e. The highest BCUT2D eigenvalue weighted by atomic mass is 16.7. The fourth-order valence-electron chi connectivity index (χ4n) is 8.05. The lowest BCUT2D eigenvalue weighted by molar-refractivity contribution is -0.289. The molecular weight excluding hydrogens is 622 g/mol. The van der Waals surface area contributed by atoms with Crippen molar-refractivity contribution in [3.63, 3.8) is 0 Å². The molecule has 0 aromatic rings. The summed E-state index contributed by atoms with van der Waals surface area (Å²) >= 11 is 0. The van der Waals surface area contributed by atoms with E-state index < -0.39 is 65.6 Å². The zero-order chi connectivity index (χ0) is 36.0. The van der Waals surface area contributed by atoms with Crippen molar-refractivity contribution in [2.45, 2.75) is 147 Å². The van der Waals surface area contributed by atoms with Gasteiger partial charge in [0.05, 0.1) is 23.9 Å². The summed E-state index contributed by atoms with van der Waals surface area (Å²) in [5.41, 5.74) is 6.48. The Morgan fingerprint density at radius 1 is 1.12 bits per heavy atom. The number of carbonyl (C=O) groups excluding carboxylic acids is 3. The number of aliphatic hydroxyl groups excluding tert-OH is 1. The maximum absolute atomic E-state index is 13.8. The normalized spacial score (nSPS) is 40.1. The van der Waals surface area contributed by atoms with E-state index in [1.165, 1.54) is 6.92 Å². The summed E-state index contributed by atoms with van der Waals surface area (Å²) in [5.74, 6) is -2.29. The fraction of sp³-hybridized carbons (Fsp3) is 0.912. The van der Waals surface area contributed by atoms with Crippen molar-refractivity contribution in [3.05, 3.63) is 10.4 Å². The Balaban J connectivity index is 2.00. The molecule has 3 rings (SSSR count). The Morgan fingerprint density at radius 2 is 1.81 bits per heavy atom. The molecule has 0 saturated carbocycles. The van der Waals surface area contributed by atoms with Crippen LogP contribution in [0.15, 0.2) is 5.11 Å². The molecule has 14 heteroatoms. The number of esters is 1. The van der Waals surface area contributed by atoms with Gasteiger partial charge in [0.25, 0.3) is 0 Å². The highest BCUT2D eigenvalue weighted by Crippen LogP contribution is 2.43. The molecule has 0 spiro atoms. The van der Waals surface area contributed by atoms with Crippen LogP contribution in [0.25, 0.3) is 10.4 Å². The average Bonchev–Trinajstić information content (AvgIpc) is 3.28. The minimum atomic E-state index is -1.16. The zero-order valence-corrected chi connectivity index (χ0v) is 30.6. The lowest BCUT2D eigenvalue weighted by Crippen LogP contribution is -2.58. The molecule has 48 heavy (non-hydrogen) atoms. The number of fused-ring (bicyclic) bond motifs is 1. The second kappa shape index (κ2) is 17.0. The predicted molar refractivity (Wildman–Crippen MR) is 178 cm³/mol. The molecule has 14 nitrogen and oxygen atoms in total. The molecular formula is C34H59N5O9. The number of hydrogen-bond donors (Lipinski definition) is 1. The van der Waals surface area contributed by atoms with Crippen LogP contribution < -0.4 is 0 Å². The molecule has 1 N–H and O–H groups in total. The molecule has 12 atom stereocenters. The fourth-order valence-corrected chi connectivity index (χ4v) is 8.05. The third kappa shape index (κ3) is 9.00. The van der Waals surface area contributed by atoms with Gasteiger partial charge in [0.15, 0.2) is 11.9 Å². The zero-order valence-electron chi connectivity index (χ0n) is 30.6. The first-order chi connectivity index (χ1) is 22.5. The number of aliphatic hydroxyl groups is 1. The van der Waals surface area contributed by atoms with Gasteiger partial charge in [-0.25, -0.2) is 4.79 Å². The number of unbranched alkanes of at least 4 members (excludes halogenated alkanes) is 1. The largest absolute Gasteiger partial charge is 0.458 e. The minimum Gasteiger partial charge on any atom is -0.458 e. The number of methoxy groups -OCH3 is 1. The Bertz CT molecular complexity index is 1170. The van der Waals surface area contributed by atoms with Crippen molar-refractivity contribution in [1.82, 2.24) is 9.80 Å². The summed E-state index contributed by atoms with van der Waals surface area (Å²) in [6, 6.07) is -0.649. The van der Waals surface area contributed by atoms with Crippen LogP contribution in [0.3, 0.4) is 0 Å². The van der Waals surface area contributed by atoms with Gasteiger partial charge >= 0.3 is 12.1 Å². The quantitative estimate of drug-likeness (QED) is 0.0838. The summed E-state index contributed by atoms with van der Waals surface area (Å²) in [4.78, 5) is 47.4. The lowest BCUT2D eigenvalue weighted by atomic mass is 9.75. The Hall–Kier alpha value is -2.48. The van der Waals surface area contributed by atoms with E-state index in [9.17, 15) is 19.5 Å². The molecule has 3 unspecified atom stereocenters. The molecule has 3 fully saturated rings. The van der Waals surface area contributed by atoms with Crippen molar-refractivity contribution in [3.8, 4) is 0 Å². The molecule has 0 radical (unpaired) electrons. The van der Waals surface area contributed by atoms with E-state index in [-0.39, 0.29) is 30.4 Å². The molecule has 0 aromatic heterocycles. The number of nitrogens with zero attached hydrogens (tertiary/aromatic N) is 5. The molecule has 0 aliphatic carbocycles. The lowest BCUT2D eigenvalue weighted by Gasteiger charge is -2.46. The first kappa shape index (κ1) is 40.0. The second-order valence-electron chi connectivity index (χ2n) is 14.8. The van der Waals surface area contributed by atoms with Crippen LogP contribution in [0, 0.1) is 17.8 Å². The van der Waals surface area contributed by atoms with Crippen LogP contribution in [0.1, 0.15) is 93.4 Å². The van der Waals surface area contributed by atoms with Gasteiger partial charge in [-0.05, 0) is 97.7 Å². The van der Waals surface area contributed by atoms with Crippen LogP contribution in [0.5, 0.6) is 0 Å². The van der Waals surface area contributed by atoms with Crippen molar-refractivity contribution >= 4 is 17.8 Å². The molecule has 1 amide bonds. The molecule has 3 aliphatic rings. The number of ether oxygens (including phenoxy) is 5. The van der Waals surface area contributed by atoms with Crippen LogP contribution in [0.2, 0.25) is 0 Å². The van der Waals surface area contributed by atoms with E-state index >= 15 is 0 Å². The maximum atomic E-state index is 13.8.